The maximum absolute atomic E-state index is 13.1. The Hall–Kier alpha value is -2.41. The van der Waals surface area contributed by atoms with Gasteiger partial charge in [-0.05, 0) is 39.2 Å². The standard InChI is InChI=1S/C23H34N4O3/c1-17(20(28)25-22(30)24-19-11-7-8-12-19)26-13-15-27(16-14-26)21(29)23(2,3)18-9-5-4-6-10-18/h4-6,9-10,17,19H,7-8,11-16H2,1-3H3,(H2,24,25,28,30)/t17-/m0/s1. The van der Waals surface area contributed by atoms with Crippen LogP contribution < -0.4 is 10.6 Å². The molecule has 1 heterocycles. The van der Waals surface area contributed by atoms with Crippen LogP contribution >= 0.6 is 0 Å². The fourth-order valence-electron chi connectivity index (χ4n) is 4.36. The number of amides is 4. The monoisotopic (exact) mass is 414 g/mol. The second-order valence-electron chi connectivity index (χ2n) is 8.94. The lowest BCUT2D eigenvalue weighted by Crippen LogP contribution is -2.58. The molecule has 0 unspecified atom stereocenters. The van der Waals surface area contributed by atoms with Gasteiger partial charge in [0.05, 0.1) is 11.5 Å². The lowest BCUT2D eigenvalue weighted by Gasteiger charge is -2.40. The van der Waals surface area contributed by atoms with Crippen molar-refractivity contribution in [3.63, 3.8) is 0 Å². The molecule has 1 saturated carbocycles. The van der Waals surface area contributed by atoms with Gasteiger partial charge in [-0.3, -0.25) is 19.8 Å². The fraction of sp³-hybridized carbons (Fsp3) is 0.609. The zero-order chi connectivity index (χ0) is 21.7. The third-order valence-corrected chi connectivity index (χ3v) is 6.49. The Morgan fingerprint density at radius 2 is 1.60 bits per heavy atom. The third-order valence-electron chi connectivity index (χ3n) is 6.49. The molecule has 2 aliphatic rings. The first-order valence-corrected chi connectivity index (χ1v) is 11.0. The number of hydrogen-bond donors (Lipinski definition) is 2. The predicted octanol–water partition coefficient (Wildman–Crippen LogP) is 2.27. The number of carbonyl (C=O) groups is 3. The quantitative estimate of drug-likeness (QED) is 0.774. The Morgan fingerprint density at radius 3 is 2.20 bits per heavy atom. The topological polar surface area (TPSA) is 81.8 Å². The van der Waals surface area contributed by atoms with Crippen molar-refractivity contribution in [2.75, 3.05) is 26.2 Å². The number of nitrogens with one attached hydrogen (secondary N) is 2. The van der Waals surface area contributed by atoms with E-state index in [9.17, 15) is 14.4 Å². The van der Waals surface area contributed by atoms with Crippen LogP contribution in [0.15, 0.2) is 30.3 Å². The molecule has 7 nitrogen and oxygen atoms in total. The second-order valence-corrected chi connectivity index (χ2v) is 8.94. The van der Waals surface area contributed by atoms with E-state index in [4.69, 9.17) is 0 Å². The molecule has 0 radical (unpaired) electrons. The van der Waals surface area contributed by atoms with Crippen LogP contribution in [0.2, 0.25) is 0 Å². The van der Waals surface area contributed by atoms with Crippen LogP contribution in [0, 0.1) is 0 Å². The molecule has 2 fully saturated rings. The average molecular weight is 415 g/mol. The highest BCUT2D eigenvalue weighted by Crippen LogP contribution is 2.26. The van der Waals surface area contributed by atoms with E-state index >= 15 is 0 Å². The molecule has 3 rings (SSSR count). The summed E-state index contributed by atoms with van der Waals surface area (Å²) in [5.74, 6) is -0.198. The lowest BCUT2D eigenvalue weighted by atomic mass is 9.83. The molecule has 1 saturated heterocycles. The molecule has 0 spiro atoms. The minimum Gasteiger partial charge on any atom is -0.339 e. The van der Waals surface area contributed by atoms with Crippen molar-refractivity contribution in [3.05, 3.63) is 35.9 Å². The largest absolute Gasteiger partial charge is 0.339 e. The number of imide groups is 1. The van der Waals surface area contributed by atoms with Gasteiger partial charge in [0.2, 0.25) is 11.8 Å². The molecule has 4 amide bonds. The molecular weight excluding hydrogens is 380 g/mol. The van der Waals surface area contributed by atoms with Crippen LogP contribution in [0.5, 0.6) is 0 Å². The third kappa shape index (κ3) is 5.19. The van der Waals surface area contributed by atoms with Gasteiger partial charge in [0.1, 0.15) is 0 Å². The zero-order valence-electron chi connectivity index (χ0n) is 18.3. The number of urea groups is 1. The SMILES string of the molecule is C[C@@H](C(=O)NC(=O)NC1CCCC1)N1CCN(C(=O)C(C)(C)c2ccccc2)CC1. The van der Waals surface area contributed by atoms with Crippen LogP contribution in [-0.2, 0) is 15.0 Å². The summed E-state index contributed by atoms with van der Waals surface area (Å²) in [4.78, 5) is 41.6. The maximum atomic E-state index is 13.1. The van der Waals surface area contributed by atoms with Crippen molar-refractivity contribution in [1.82, 2.24) is 20.4 Å². The summed E-state index contributed by atoms with van der Waals surface area (Å²) >= 11 is 0. The lowest BCUT2D eigenvalue weighted by molar-refractivity contribution is -0.138. The Kier molecular flexibility index (Phi) is 7.13. The Labute approximate surface area is 179 Å². The number of piperazine rings is 1. The Balaban J connectivity index is 1.48. The van der Waals surface area contributed by atoms with Crippen molar-refractivity contribution in [2.24, 2.45) is 0 Å². The van der Waals surface area contributed by atoms with Gasteiger partial charge >= 0.3 is 6.03 Å². The minimum absolute atomic E-state index is 0.0985. The van der Waals surface area contributed by atoms with Crippen molar-refractivity contribution in [3.8, 4) is 0 Å². The van der Waals surface area contributed by atoms with Crippen molar-refractivity contribution in [2.45, 2.75) is 64.0 Å². The summed E-state index contributed by atoms with van der Waals surface area (Å²) in [6.45, 7) is 8.07. The summed E-state index contributed by atoms with van der Waals surface area (Å²) in [5.41, 5.74) is 0.406. The van der Waals surface area contributed by atoms with Crippen molar-refractivity contribution in [1.29, 1.82) is 0 Å². The molecule has 30 heavy (non-hydrogen) atoms. The average Bonchev–Trinajstić information content (AvgIpc) is 3.26. The Morgan fingerprint density at radius 1 is 1.00 bits per heavy atom. The van der Waals surface area contributed by atoms with E-state index in [-0.39, 0.29) is 17.9 Å². The zero-order valence-corrected chi connectivity index (χ0v) is 18.3. The number of rotatable bonds is 5. The number of carbonyl (C=O) groups excluding carboxylic acids is 3. The highest BCUT2D eigenvalue weighted by molar-refractivity contribution is 5.97. The van der Waals surface area contributed by atoms with E-state index in [1.165, 1.54) is 0 Å². The summed E-state index contributed by atoms with van der Waals surface area (Å²) in [7, 11) is 0. The molecular formula is C23H34N4O3. The van der Waals surface area contributed by atoms with Gasteiger partial charge in [0.15, 0.2) is 0 Å². The van der Waals surface area contributed by atoms with Crippen LogP contribution in [0.1, 0.15) is 52.0 Å². The van der Waals surface area contributed by atoms with Crippen LogP contribution in [0.3, 0.4) is 0 Å². The molecule has 164 valence electrons. The highest BCUT2D eigenvalue weighted by atomic mass is 16.2. The van der Waals surface area contributed by atoms with Crippen molar-refractivity contribution < 1.29 is 14.4 Å². The smallest absolute Gasteiger partial charge is 0.321 e. The maximum Gasteiger partial charge on any atom is 0.321 e. The predicted molar refractivity (Wildman–Crippen MR) is 116 cm³/mol. The molecule has 0 aromatic heterocycles. The van der Waals surface area contributed by atoms with Gasteiger partial charge < -0.3 is 10.2 Å². The molecule has 1 aromatic carbocycles. The molecule has 1 aliphatic heterocycles. The van der Waals surface area contributed by atoms with E-state index in [0.717, 1.165) is 31.2 Å². The van der Waals surface area contributed by atoms with E-state index in [2.05, 4.69) is 10.6 Å². The summed E-state index contributed by atoms with van der Waals surface area (Å²) in [6.07, 6.45) is 4.21. The van der Waals surface area contributed by atoms with Crippen LogP contribution in [-0.4, -0.2) is 65.9 Å². The Bertz CT molecular complexity index is 751. The molecule has 1 atom stereocenters. The second kappa shape index (κ2) is 9.60. The molecule has 1 aromatic rings. The van der Waals surface area contributed by atoms with Gasteiger partial charge in [-0.2, -0.15) is 0 Å². The summed E-state index contributed by atoms with van der Waals surface area (Å²) in [6, 6.07) is 9.17. The molecule has 7 heteroatoms. The number of hydrogen-bond acceptors (Lipinski definition) is 4. The van der Waals surface area contributed by atoms with Gasteiger partial charge in [-0.1, -0.05) is 43.2 Å². The van der Waals surface area contributed by atoms with E-state index in [1.54, 1.807) is 0 Å². The summed E-state index contributed by atoms with van der Waals surface area (Å²) in [5, 5.41) is 5.35. The fourth-order valence-corrected chi connectivity index (χ4v) is 4.36. The van der Waals surface area contributed by atoms with Gasteiger partial charge in [0.25, 0.3) is 0 Å². The van der Waals surface area contributed by atoms with Gasteiger partial charge in [-0.15, -0.1) is 0 Å². The first-order valence-electron chi connectivity index (χ1n) is 11.0. The summed E-state index contributed by atoms with van der Waals surface area (Å²) < 4.78 is 0. The molecule has 0 bridgehead atoms. The van der Waals surface area contributed by atoms with E-state index in [1.807, 2.05) is 60.9 Å². The number of benzene rings is 1. The molecule has 2 N–H and O–H groups in total. The van der Waals surface area contributed by atoms with Crippen molar-refractivity contribution >= 4 is 17.8 Å². The molecule has 1 aliphatic carbocycles. The first-order chi connectivity index (χ1) is 14.3. The highest BCUT2D eigenvalue weighted by Gasteiger charge is 2.36. The minimum atomic E-state index is -0.593. The van der Waals surface area contributed by atoms with E-state index < -0.39 is 17.5 Å². The normalized spacial score (nSPS) is 19.4. The first kappa shape index (κ1) is 22.3. The van der Waals surface area contributed by atoms with Crippen LogP contribution in [0.4, 0.5) is 4.79 Å². The van der Waals surface area contributed by atoms with E-state index in [0.29, 0.717) is 26.2 Å². The van der Waals surface area contributed by atoms with Gasteiger partial charge in [0, 0.05) is 32.2 Å². The van der Waals surface area contributed by atoms with Crippen LogP contribution in [0.25, 0.3) is 0 Å². The number of nitrogens with zero attached hydrogens (tertiary/aromatic N) is 2. The van der Waals surface area contributed by atoms with Gasteiger partial charge in [-0.25, -0.2) is 4.79 Å².